The molecule has 0 radical (unpaired) electrons. The van der Waals surface area contributed by atoms with Gasteiger partial charge in [-0.15, -0.1) is 0 Å². The number of aromatic nitrogens is 3. The van der Waals surface area contributed by atoms with Crippen LogP contribution in [0.5, 0.6) is 0 Å². The minimum absolute atomic E-state index is 0.0272. The lowest BCUT2D eigenvalue weighted by Crippen LogP contribution is -2.50. The van der Waals surface area contributed by atoms with Crippen LogP contribution in [0.2, 0.25) is 0 Å². The predicted molar refractivity (Wildman–Crippen MR) is 126 cm³/mol. The van der Waals surface area contributed by atoms with E-state index >= 15 is 0 Å². The highest BCUT2D eigenvalue weighted by atomic mass is 16.2. The quantitative estimate of drug-likeness (QED) is 0.666. The molecule has 2 aromatic heterocycles. The summed E-state index contributed by atoms with van der Waals surface area (Å²) < 4.78 is 0. The number of para-hydroxylation sites is 1. The Morgan fingerprint density at radius 2 is 1.91 bits per heavy atom. The molecular weight excluding hydrogens is 416 g/mol. The van der Waals surface area contributed by atoms with Gasteiger partial charge in [0.25, 0.3) is 5.91 Å². The van der Waals surface area contributed by atoms with Crippen LogP contribution >= 0.6 is 0 Å². The van der Waals surface area contributed by atoms with Gasteiger partial charge < -0.3 is 14.8 Å². The standard InChI is InChI=1S/C25H30N6O2/c1-17(32)30-12-14-31(15-13-30)25(33)19-8-4-9-20-24(19)28-22(27-20)16-29(2)21-10-3-6-18-7-5-11-26-23(18)21/h4-5,7-9,11,21H,3,6,10,12-16H2,1-2H3,(H,27,28). The van der Waals surface area contributed by atoms with Crippen molar-refractivity contribution in [1.29, 1.82) is 0 Å². The number of imidazole rings is 1. The summed E-state index contributed by atoms with van der Waals surface area (Å²) in [6.07, 6.45) is 5.20. The highest BCUT2D eigenvalue weighted by Gasteiger charge is 2.27. The van der Waals surface area contributed by atoms with Crippen molar-refractivity contribution in [3.05, 3.63) is 59.2 Å². The van der Waals surface area contributed by atoms with E-state index in [1.54, 1.807) is 11.8 Å². The van der Waals surface area contributed by atoms with E-state index in [1.807, 2.05) is 35.4 Å². The molecule has 1 unspecified atom stereocenters. The highest BCUT2D eigenvalue weighted by molar-refractivity contribution is 6.05. The summed E-state index contributed by atoms with van der Waals surface area (Å²) >= 11 is 0. The van der Waals surface area contributed by atoms with Gasteiger partial charge in [0.1, 0.15) is 11.3 Å². The molecular formula is C25H30N6O2. The lowest BCUT2D eigenvalue weighted by atomic mass is 9.91. The molecule has 1 N–H and O–H groups in total. The normalized spacial score (nSPS) is 18.6. The maximum Gasteiger partial charge on any atom is 0.256 e. The Bertz CT molecular complexity index is 1180. The van der Waals surface area contributed by atoms with Gasteiger partial charge in [0.15, 0.2) is 0 Å². The topological polar surface area (TPSA) is 85.4 Å². The molecule has 2 aliphatic rings. The molecule has 1 fully saturated rings. The summed E-state index contributed by atoms with van der Waals surface area (Å²) in [5.74, 6) is 0.874. The van der Waals surface area contributed by atoms with E-state index in [1.165, 1.54) is 11.3 Å². The molecule has 172 valence electrons. The van der Waals surface area contributed by atoms with E-state index in [0.717, 1.165) is 30.6 Å². The Balaban J connectivity index is 1.34. The second-order valence-electron chi connectivity index (χ2n) is 9.05. The van der Waals surface area contributed by atoms with Gasteiger partial charge in [-0.25, -0.2) is 4.98 Å². The Morgan fingerprint density at radius 3 is 2.70 bits per heavy atom. The van der Waals surface area contributed by atoms with Crippen LogP contribution in [0.1, 0.15) is 53.2 Å². The third-order valence-corrected chi connectivity index (χ3v) is 6.90. The minimum atomic E-state index is -0.0272. The van der Waals surface area contributed by atoms with E-state index in [9.17, 15) is 9.59 Å². The van der Waals surface area contributed by atoms with Crippen LogP contribution in [0.15, 0.2) is 36.5 Å². The average molecular weight is 447 g/mol. The van der Waals surface area contributed by atoms with Gasteiger partial charge >= 0.3 is 0 Å². The number of nitrogens with zero attached hydrogens (tertiary/aromatic N) is 5. The van der Waals surface area contributed by atoms with Gasteiger partial charge in [-0.05, 0) is 50.1 Å². The fourth-order valence-corrected chi connectivity index (χ4v) is 5.09. The first-order chi connectivity index (χ1) is 16.0. The first-order valence-corrected chi connectivity index (χ1v) is 11.7. The summed E-state index contributed by atoms with van der Waals surface area (Å²) in [5.41, 5.74) is 4.69. The predicted octanol–water partition coefficient (Wildman–Crippen LogP) is 2.77. The van der Waals surface area contributed by atoms with Crippen LogP contribution in [-0.2, 0) is 17.8 Å². The summed E-state index contributed by atoms with van der Waals surface area (Å²) in [6, 6.07) is 10.2. The van der Waals surface area contributed by atoms with E-state index < -0.39 is 0 Å². The van der Waals surface area contributed by atoms with Crippen molar-refractivity contribution in [2.45, 2.75) is 38.8 Å². The zero-order chi connectivity index (χ0) is 22.9. The number of piperazine rings is 1. The number of nitrogens with one attached hydrogen (secondary N) is 1. The van der Waals surface area contributed by atoms with Crippen molar-refractivity contribution in [2.75, 3.05) is 33.2 Å². The maximum absolute atomic E-state index is 13.3. The summed E-state index contributed by atoms with van der Waals surface area (Å²) in [6.45, 7) is 4.46. The number of rotatable bonds is 4. The Labute approximate surface area is 193 Å². The van der Waals surface area contributed by atoms with Gasteiger partial charge in [0.2, 0.25) is 5.91 Å². The second kappa shape index (κ2) is 8.94. The smallest absolute Gasteiger partial charge is 0.256 e. The van der Waals surface area contributed by atoms with Gasteiger partial charge in [0, 0.05) is 39.3 Å². The van der Waals surface area contributed by atoms with Crippen molar-refractivity contribution >= 4 is 22.8 Å². The molecule has 33 heavy (non-hydrogen) atoms. The van der Waals surface area contributed by atoms with Crippen LogP contribution in [0, 0.1) is 0 Å². The van der Waals surface area contributed by atoms with Crippen molar-refractivity contribution in [3.63, 3.8) is 0 Å². The third-order valence-electron chi connectivity index (χ3n) is 6.90. The number of hydrogen-bond acceptors (Lipinski definition) is 5. The molecule has 5 rings (SSSR count). The van der Waals surface area contributed by atoms with E-state index in [4.69, 9.17) is 4.98 Å². The van der Waals surface area contributed by atoms with Gasteiger partial charge in [-0.3, -0.25) is 19.5 Å². The molecule has 2 amide bonds. The second-order valence-corrected chi connectivity index (χ2v) is 9.05. The summed E-state index contributed by atoms with van der Waals surface area (Å²) in [5, 5.41) is 0. The molecule has 1 aromatic carbocycles. The molecule has 8 nitrogen and oxygen atoms in total. The first-order valence-electron chi connectivity index (χ1n) is 11.7. The van der Waals surface area contributed by atoms with Crippen LogP contribution in [0.3, 0.4) is 0 Å². The number of aryl methyl sites for hydroxylation is 1. The van der Waals surface area contributed by atoms with Crippen LogP contribution in [0.25, 0.3) is 11.0 Å². The first kappa shape index (κ1) is 21.6. The van der Waals surface area contributed by atoms with E-state index in [0.29, 0.717) is 43.8 Å². The van der Waals surface area contributed by atoms with Crippen molar-refractivity contribution in [3.8, 4) is 0 Å². The van der Waals surface area contributed by atoms with Crippen molar-refractivity contribution < 1.29 is 9.59 Å². The Kier molecular flexibility index (Phi) is 5.85. The Hall–Kier alpha value is -3.26. The number of amides is 2. The zero-order valence-corrected chi connectivity index (χ0v) is 19.3. The number of aromatic amines is 1. The average Bonchev–Trinajstić information content (AvgIpc) is 3.25. The Morgan fingerprint density at radius 1 is 1.12 bits per heavy atom. The monoisotopic (exact) mass is 446 g/mol. The molecule has 3 aromatic rings. The molecule has 1 aliphatic heterocycles. The summed E-state index contributed by atoms with van der Waals surface area (Å²) in [7, 11) is 2.11. The number of carbonyl (C=O) groups excluding carboxylic acids is 2. The molecule has 3 heterocycles. The lowest BCUT2D eigenvalue weighted by Gasteiger charge is -2.34. The lowest BCUT2D eigenvalue weighted by molar-refractivity contribution is -0.130. The molecule has 1 atom stereocenters. The number of pyridine rings is 1. The molecule has 0 bridgehead atoms. The van der Waals surface area contributed by atoms with E-state index in [-0.39, 0.29) is 17.9 Å². The number of fused-ring (bicyclic) bond motifs is 2. The van der Waals surface area contributed by atoms with Gasteiger partial charge in [0.05, 0.1) is 29.4 Å². The molecule has 0 spiro atoms. The van der Waals surface area contributed by atoms with Crippen LogP contribution < -0.4 is 0 Å². The largest absolute Gasteiger partial charge is 0.341 e. The number of carbonyl (C=O) groups is 2. The number of benzene rings is 1. The molecule has 1 saturated heterocycles. The highest BCUT2D eigenvalue weighted by Crippen LogP contribution is 2.32. The number of H-pyrrole nitrogens is 1. The third kappa shape index (κ3) is 4.23. The van der Waals surface area contributed by atoms with Gasteiger partial charge in [-0.2, -0.15) is 0 Å². The number of hydrogen-bond donors (Lipinski definition) is 1. The zero-order valence-electron chi connectivity index (χ0n) is 19.3. The summed E-state index contributed by atoms with van der Waals surface area (Å²) in [4.78, 5) is 43.7. The minimum Gasteiger partial charge on any atom is -0.341 e. The van der Waals surface area contributed by atoms with Crippen molar-refractivity contribution in [1.82, 2.24) is 29.7 Å². The fraction of sp³-hybridized carbons (Fsp3) is 0.440. The van der Waals surface area contributed by atoms with Crippen LogP contribution in [0.4, 0.5) is 0 Å². The molecule has 1 aliphatic carbocycles. The van der Waals surface area contributed by atoms with Crippen molar-refractivity contribution in [2.24, 2.45) is 0 Å². The van der Waals surface area contributed by atoms with E-state index in [2.05, 4.69) is 28.0 Å². The fourth-order valence-electron chi connectivity index (χ4n) is 5.09. The molecule has 8 heteroatoms. The molecule has 0 saturated carbocycles. The maximum atomic E-state index is 13.3. The van der Waals surface area contributed by atoms with Crippen LogP contribution in [-0.4, -0.2) is 74.7 Å². The van der Waals surface area contributed by atoms with Gasteiger partial charge in [-0.1, -0.05) is 12.1 Å². The SMILES string of the molecule is CC(=O)N1CCN(C(=O)c2cccc3[nH]c(CN(C)C4CCCc5cccnc54)nc23)CC1.